The first kappa shape index (κ1) is 14.0. The van der Waals surface area contributed by atoms with Crippen molar-refractivity contribution in [3.63, 3.8) is 0 Å². The van der Waals surface area contributed by atoms with Crippen LogP contribution >= 0.6 is 0 Å². The molecule has 0 radical (unpaired) electrons. The number of hydrogen-bond acceptors (Lipinski definition) is 3. The zero-order valence-corrected chi connectivity index (χ0v) is 11.9. The Morgan fingerprint density at radius 1 is 1.05 bits per heavy atom. The topological polar surface area (TPSA) is 41.3 Å². The number of nitrogens with zero attached hydrogens (tertiary/aromatic N) is 1. The number of nitrogens with two attached hydrogens (primary N) is 1. The van der Waals surface area contributed by atoms with E-state index in [2.05, 4.69) is 10.3 Å². The largest absolute Gasteiger partial charge is 0.296 e. The van der Waals surface area contributed by atoms with Crippen LogP contribution in [-0.2, 0) is 0 Å². The molecule has 1 aliphatic carbocycles. The van der Waals surface area contributed by atoms with Crippen LogP contribution in [0.25, 0.3) is 0 Å². The molecule has 4 heteroatoms. The van der Waals surface area contributed by atoms with Gasteiger partial charge in [0.2, 0.25) is 0 Å². The second-order valence-corrected chi connectivity index (χ2v) is 6.16. The van der Waals surface area contributed by atoms with Crippen molar-refractivity contribution < 1.29 is 4.39 Å². The van der Waals surface area contributed by atoms with Gasteiger partial charge in [-0.1, -0.05) is 25.0 Å². The third-order valence-corrected chi connectivity index (χ3v) is 5.11. The Kier molecular flexibility index (Phi) is 4.06. The zero-order valence-electron chi connectivity index (χ0n) is 11.9. The molecule has 1 aliphatic heterocycles. The third-order valence-electron chi connectivity index (χ3n) is 5.11. The van der Waals surface area contributed by atoms with Crippen LogP contribution in [0.4, 0.5) is 4.39 Å². The van der Waals surface area contributed by atoms with Crippen molar-refractivity contribution >= 4 is 0 Å². The lowest BCUT2D eigenvalue weighted by atomic mass is 9.82. The SMILES string of the molecule is NNC(c1ccc(F)cc1)C1(N2CCCC2)CCCC1. The minimum atomic E-state index is -0.189. The Hall–Kier alpha value is -0.970. The normalized spacial score (nSPS) is 24.1. The molecule has 2 fully saturated rings. The summed E-state index contributed by atoms with van der Waals surface area (Å²) in [4.78, 5) is 2.62. The standard InChI is InChI=1S/C16H24FN3/c17-14-7-5-13(6-8-14)15(19-18)16(9-1-2-10-16)20-11-3-4-12-20/h5-8,15,19H,1-4,9-12,18H2. The lowest BCUT2D eigenvalue weighted by Crippen LogP contribution is -2.55. The number of hydrazine groups is 1. The second-order valence-electron chi connectivity index (χ2n) is 6.16. The van der Waals surface area contributed by atoms with Gasteiger partial charge < -0.3 is 0 Å². The van der Waals surface area contributed by atoms with Crippen LogP contribution in [0.1, 0.15) is 50.1 Å². The van der Waals surface area contributed by atoms with E-state index < -0.39 is 0 Å². The van der Waals surface area contributed by atoms with E-state index in [1.54, 1.807) is 0 Å². The Balaban J connectivity index is 1.93. The van der Waals surface area contributed by atoms with Crippen molar-refractivity contribution in [2.24, 2.45) is 5.84 Å². The van der Waals surface area contributed by atoms with Gasteiger partial charge in [-0.2, -0.15) is 0 Å². The fourth-order valence-electron chi connectivity index (χ4n) is 4.15. The molecule has 1 saturated heterocycles. The number of nitrogens with one attached hydrogen (secondary N) is 1. The number of benzene rings is 1. The van der Waals surface area contributed by atoms with Gasteiger partial charge in [0, 0.05) is 5.54 Å². The second kappa shape index (κ2) is 5.80. The summed E-state index contributed by atoms with van der Waals surface area (Å²) >= 11 is 0. The van der Waals surface area contributed by atoms with Crippen LogP contribution in [-0.4, -0.2) is 23.5 Å². The van der Waals surface area contributed by atoms with Crippen molar-refractivity contribution in [3.05, 3.63) is 35.6 Å². The molecule has 3 N–H and O–H groups in total. The lowest BCUT2D eigenvalue weighted by molar-refractivity contribution is 0.0764. The highest BCUT2D eigenvalue weighted by molar-refractivity contribution is 5.25. The van der Waals surface area contributed by atoms with Crippen molar-refractivity contribution in [2.75, 3.05) is 13.1 Å². The monoisotopic (exact) mass is 277 g/mol. The smallest absolute Gasteiger partial charge is 0.123 e. The van der Waals surface area contributed by atoms with E-state index in [-0.39, 0.29) is 17.4 Å². The Morgan fingerprint density at radius 3 is 2.20 bits per heavy atom. The molecule has 3 rings (SSSR count). The van der Waals surface area contributed by atoms with Gasteiger partial charge in [-0.15, -0.1) is 0 Å². The molecule has 1 heterocycles. The van der Waals surface area contributed by atoms with Crippen LogP contribution < -0.4 is 11.3 Å². The summed E-state index contributed by atoms with van der Waals surface area (Å²) in [6, 6.07) is 6.90. The van der Waals surface area contributed by atoms with E-state index >= 15 is 0 Å². The third kappa shape index (κ3) is 2.36. The minimum absolute atomic E-state index is 0.0868. The van der Waals surface area contributed by atoms with Crippen molar-refractivity contribution in [3.8, 4) is 0 Å². The molecule has 1 aromatic rings. The molecule has 0 aromatic heterocycles. The molecule has 1 atom stereocenters. The molecule has 20 heavy (non-hydrogen) atoms. The van der Waals surface area contributed by atoms with Crippen molar-refractivity contribution in [2.45, 2.75) is 50.1 Å². The molecular weight excluding hydrogens is 253 g/mol. The molecule has 0 bridgehead atoms. The average molecular weight is 277 g/mol. The van der Waals surface area contributed by atoms with E-state index in [0.29, 0.717) is 0 Å². The molecule has 1 unspecified atom stereocenters. The maximum absolute atomic E-state index is 13.2. The Morgan fingerprint density at radius 2 is 1.65 bits per heavy atom. The van der Waals surface area contributed by atoms with Gasteiger partial charge in [0.25, 0.3) is 0 Å². The van der Waals surface area contributed by atoms with Gasteiger partial charge >= 0.3 is 0 Å². The van der Waals surface area contributed by atoms with Crippen LogP contribution in [0.2, 0.25) is 0 Å². The van der Waals surface area contributed by atoms with Crippen LogP contribution in [0.3, 0.4) is 0 Å². The highest BCUT2D eigenvalue weighted by atomic mass is 19.1. The quantitative estimate of drug-likeness (QED) is 0.657. The minimum Gasteiger partial charge on any atom is -0.296 e. The molecule has 0 amide bonds. The van der Waals surface area contributed by atoms with Crippen LogP contribution in [0.15, 0.2) is 24.3 Å². The van der Waals surface area contributed by atoms with Gasteiger partial charge in [0.15, 0.2) is 0 Å². The number of halogens is 1. The van der Waals surface area contributed by atoms with Gasteiger partial charge in [-0.05, 0) is 56.5 Å². The highest BCUT2D eigenvalue weighted by Gasteiger charge is 2.46. The zero-order chi connectivity index (χ0) is 14.0. The van der Waals surface area contributed by atoms with Crippen molar-refractivity contribution in [1.29, 1.82) is 0 Å². The number of hydrogen-bond donors (Lipinski definition) is 2. The fourth-order valence-corrected chi connectivity index (χ4v) is 4.15. The Bertz CT molecular complexity index is 434. The summed E-state index contributed by atoms with van der Waals surface area (Å²) in [5.74, 6) is 5.72. The number of rotatable bonds is 4. The van der Waals surface area contributed by atoms with Crippen molar-refractivity contribution in [1.82, 2.24) is 10.3 Å². The summed E-state index contributed by atoms with van der Waals surface area (Å²) in [7, 11) is 0. The first-order chi connectivity index (χ1) is 9.76. The summed E-state index contributed by atoms with van der Waals surface area (Å²) in [5.41, 5.74) is 4.25. The van der Waals surface area contributed by atoms with Gasteiger partial charge in [0.1, 0.15) is 5.82 Å². The van der Waals surface area contributed by atoms with E-state index in [9.17, 15) is 4.39 Å². The van der Waals surface area contributed by atoms with E-state index in [0.717, 1.165) is 5.56 Å². The average Bonchev–Trinajstić information content (AvgIpc) is 3.12. The summed E-state index contributed by atoms with van der Waals surface area (Å²) in [6.45, 7) is 2.33. The summed E-state index contributed by atoms with van der Waals surface area (Å²) < 4.78 is 13.2. The lowest BCUT2D eigenvalue weighted by Gasteiger charge is -2.45. The first-order valence-electron chi connectivity index (χ1n) is 7.73. The molecule has 1 saturated carbocycles. The summed E-state index contributed by atoms with van der Waals surface area (Å²) in [6.07, 6.45) is 7.44. The van der Waals surface area contributed by atoms with Crippen LogP contribution in [0, 0.1) is 5.82 Å². The van der Waals surface area contributed by atoms with E-state index in [1.165, 1.54) is 63.7 Å². The molecule has 2 aliphatic rings. The molecule has 3 nitrogen and oxygen atoms in total. The molecular formula is C16H24FN3. The van der Waals surface area contributed by atoms with Crippen LogP contribution in [0.5, 0.6) is 0 Å². The van der Waals surface area contributed by atoms with E-state index in [1.807, 2.05) is 12.1 Å². The van der Waals surface area contributed by atoms with Gasteiger partial charge in [-0.3, -0.25) is 16.2 Å². The Labute approximate surface area is 120 Å². The fraction of sp³-hybridized carbons (Fsp3) is 0.625. The summed E-state index contributed by atoms with van der Waals surface area (Å²) in [5, 5.41) is 0. The predicted molar refractivity (Wildman–Crippen MR) is 78.5 cm³/mol. The molecule has 1 aromatic carbocycles. The number of likely N-dealkylation sites (tertiary alicyclic amines) is 1. The molecule has 110 valence electrons. The van der Waals surface area contributed by atoms with Gasteiger partial charge in [-0.25, -0.2) is 4.39 Å². The first-order valence-corrected chi connectivity index (χ1v) is 7.73. The highest BCUT2D eigenvalue weighted by Crippen LogP contribution is 2.45. The molecule has 0 spiro atoms. The van der Waals surface area contributed by atoms with Gasteiger partial charge in [0.05, 0.1) is 6.04 Å². The van der Waals surface area contributed by atoms with E-state index in [4.69, 9.17) is 5.84 Å². The maximum atomic E-state index is 13.2. The predicted octanol–water partition coefficient (Wildman–Crippen LogP) is 2.74. The maximum Gasteiger partial charge on any atom is 0.123 e.